The summed E-state index contributed by atoms with van der Waals surface area (Å²) in [6.45, 7) is 0. The van der Waals surface area contributed by atoms with Gasteiger partial charge in [0, 0.05) is 115 Å². The van der Waals surface area contributed by atoms with Crippen molar-refractivity contribution in [1.82, 2.24) is 38.4 Å². The van der Waals surface area contributed by atoms with Crippen molar-refractivity contribution in [3.63, 3.8) is 0 Å². The van der Waals surface area contributed by atoms with E-state index in [0.29, 0.717) is 17.6 Å². The summed E-state index contributed by atoms with van der Waals surface area (Å²) in [5, 5.41) is 23.5. The highest BCUT2D eigenvalue weighted by atomic mass is 16.4. The Bertz CT molecular complexity index is 8280. The Morgan fingerprint density at radius 2 is 0.624 bits per heavy atom. The first-order valence-electron chi connectivity index (χ1n) is 39.8. The van der Waals surface area contributed by atoms with Crippen LogP contribution in [0.25, 0.3) is 190 Å². The van der Waals surface area contributed by atoms with Gasteiger partial charge in [-0.25, -0.2) is 9.97 Å². The number of fused-ring (bicyclic) bond motifs is 21. The number of hydrogen-bond donors (Lipinski definition) is 0. The van der Waals surface area contributed by atoms with E-state index in [1.807, 2.05) is 30.3 Å². The molecule has 6 heterocycles. The molecular weight excluding hydrogens is 1430 g/mol. The zero-order valence-electron chi connectivity index (χ0n) is 63.1. The highest BCUT2D eigenvalue weighted by molar-refractivity contribution is 6.18. The number of aromatic nitrogens is 8. The Morgan fingerprint density at radius 3 is 1.24 bits per heavy atom. The standard InChI is InChI=1S/C108H66N8O/c1-7-29-68(30-8-1)101-85-45-23-26-48-92(85)109-106(110-101)74-58-60-80-91(64-74)100-89-62-57-73(66-96(89)116(78-39-17-6-18-40-78)105(100)84-44-22-19-41-81(84)102-97(80)86-46-24-27-49-93(86)113(102)75-33-11-3-12-34-75)72-56-61-88-95(65-72)115(77-37-15-5-16-38-77)103-82-42-20-21-43-83(82)104-99(87-47-25-28-50-94(87)114(104)76-35-13-4-14-36-76)90-63-71(55-59-79(90)98(88)103)67-51-53-70(54-52-67)108-112-111-107(117-108)69-31-9-2-10-32-69/h1-66H. The second kappa shape index (κ2) is 26.4. The van der Waals surface area contributed by atoms with Crippen LogP contribution in [0.3, 0.4) is 0 Å². The molecule has 0 unspecified atom stereocenters. The van der Waals surface area contributed by atoms with Crippen LogP contribution in [0.2, 0.25) is 0 Å². The molecule has 0 atom stereocenters. The van der Waals surface area contributed by atoms with Crippen molar-refractivity contribution in [2.24, 2.45) is 0 Å². The zero-order chi connectivity index (χ0) is 76.8. The maximum Gasteiger partial charge on any atom is 0.248 e. The number of rotatable bonds is 10. The van der Waals surface area contributed by atoms with Crippen molar-refractivity contribution in [2.45, 2.75) is 0 Å². The number of benzene rings is 16. The second-order valence-corrected chi connectivity index (χ2v) is 30.3. The lowest BCUT2D eigenvalue weighted by atomic mass is 9.83. The highest BCUT2D eigenvalue weighted by Crippen LogP contribution is 2.56. The molecular formula is C108H66N8O. The molecule has 6 aromatic heterocycles. The van der Waals surface area contributed by atoms with E-state index in [2.05, 4.69) is 399 Å². The third-order valence-electron chi connectivity index (χ3n) is 23.9. The van der Waals surface area contributed by atoms with E-state index >= 15 is 0 Å². The van der Waals surface area contributed by atoms with Crippen LogP contribution >= 0.6 is 0 Å². The maximum absolute atomic E-state index is 6.30. The SMILES string of the molecule is c1ccc(-c2nnc(-c3ccc(-c4ccc5c(c4)-c4c(n(-c6ccccc6)c6ccccc46)-c4ccccc4-c4c-5c5ccc(-c6ccc7c8c(n(-c9ccccc9)c7c6)=c6ccccc6=c6c(c7ccccc7n6-c6ccccc6)=c6ccc(-c7nc(-c9ccccc9)c9ccccc9n7)cc6=8)cc5n4-c4ccccc4)cc3)o2)cc1. The summed E-state index contributed by atoms with van der Waals surface area (Å²) in [6.07, 6.45) is 0. The van der Waals surface area contributed by atoms with Gasteiger partial charge in [0.1, 0.15) is 0 Å². The van der Waals surface area contributed by atoms with Crippen molar-refractivity contribution in [3.05, 3.63) is 442 Å². The van der Waals surface area contributed by atoms with Gasteiger partial charge in [0.2, 0.25) is 11.8 Å². The molecule has 0 amide bonds. The predicted octanol–water partition coefficient (Wildman–Crippen LogP) is 26.2. The van der Waals surface area contributed by atoms with E-state index in [0.717, 1.165) is 209 Å². The van der Waals surface area contributed by atoms with Gasteiger partial charge < -0.3 is 22.7 Å². The van der Waals surface area contributed by atoms with Crippen molar-refractivity contribution in [1.29, 1.82) is 0 Å². The Kier molecular flexibility index (Phi) is 14.9. The third kappa shape index (κ3) is 10.3. The molecule has 9 heteroatoms. The molecule has 544 valence electrons. The average molecular weight is 1490 g/mol. The van der Waals surface area contributed by atoms with Crippen molar-refractivity contribution in [2.75, 3.05) is 0 Å². The van der Waals surface area contributed by atoms with E-state index < -0.39 is 0 Å². The van der Waals surface area contributed by atoms with E-state index in [9.17, 15) is 0 Å². The summed E-state index contributed by atoms with van der Waals surface area (Å²) in [6, 6.07) is 146. The van der Waals surface area contributed by atoms with Gasteiger partial charge in [0.15, 0.2) is 5.82 Å². The molecule has 2 aliphatic carbocycles. The number of nitrogens with zero attached hydrogens (tertiary/aromatic N) is 8. The van der Waals surface area contributed by atoms with Gasteiger partial charge in [0.05, 0.1) is 55.4 Å². The number of para-hydroxylation sites is 7. The topological polar surface area (TPSA) is 84.4 Å². The number of hydrogen-bond acceptors (Lipinski definition) is 5. The Balaban J connectivity index is 0.788. The molecule has 117 heavy (non-hydrogen) atoms. The quantitative estimate of drug-likeness (QED) is 0.136. The fourth-order valence-corrected chi connectivity index (χ4v) is 18.8. The molecule has 16 aromatic carbocycles. The minimum Gasteiger partial charge on any atom is -0.416 e. The predicted molar refractivity (Wildman–Crippen MR) is 473 cm³/mol. The highest BCUT2D eigenvalue weighted by Gasteiger charge is 2.34. The zero-order valence-corrected chi connectivity index (χ0v) is 63.1. The smallest absolute Gasteiger partial charge is 0.248 e. The first-order valence-corrected chi connectivity index (χ1v) is 39.8. The van der Waals surface area contributed by atoms with Crippen LogP contribution in [0.1, 0.15) is 0 Å². The summed E-state index contributed by atoms with van der Waals surface area (Å²) in [5.74, 6) is 1.61. The van der Waals surface area contributed by atoms with Gasteiger partial charge in [0.25, 0.3) is 0 Å². The van der Waals surface area contributed by atoms with Crippen LogP contribution in [-0.2, 0) is 0 Å². The molecule has 0 fully saturated rings. The minimum absolute atomic E-state index is 0.468. The van der Waals surface area contributed by atoms with Crippen LogP contribution in [0.15, 0.2) is 405 Å². The van der Waals surface area contributed by atoms with Crippen LogP contribution in [0.5, 0.6) is 0 Å². The average Bonchev–Trinajstić information content (AvgIpc) is 1.55. The largest absolute Gasteiger partial charge is 0.416 e. The van der Waals surface area contributed by atoms with E-state index in [1.165, 1.54) is 5.56 Å². The van der Waals surface area contributed by atoms with Gasteiger partial charge in [-0.2, -0.15) is 0 Å². The first-order chi connectivity index (χ1) is 58.1. The van der Waals surface area contributed by atoms with Crippen LogP contribution in [0.4, 0.5) is 0 Å². The van der Waals surface area contributed by atoms with Crippen LogP contribution < -0.4 is 0 Å². The molecule has 9 nitrogen and oxygen atoms in total. The lowest BCUT2D eigenvalue weighted by Crippen LogP contribution is -2.04. The van der Waals surface area contributed by atoms with Crippen LogP contribution in [-0.4, -0.2) is 38.4 Å². The monoisotopic (exact) mass is 1490 g/mol. The maximum atomic E-state index is 6.30. The normalized spacial score (nSPS) is 11.9. The molecule has 0 aliphatic heterocycles. The Hall–Kier alpha value is -15.8. The molecule has 24 rings (SSSR count). The van der Waals surface area contributed by atoms with Gasteiger partial charge in [-0.3, -0.25) is 0 Å². The Morgan fingerprint density at radius 1 is 0.222 bits per heavy atom. The van der Waals surface area contributed by atoms with Gasteiger partial charge in [-0.1, -0.05) is 285 Å². The van der Waals surface area contributed by atoms with E-state index in [-0.39, 0.29) is 0 Å². The van der Waals surface area contributed by atoms with Gasteiger partial charge in [-0.05, 0) is 159 Å². The molecule has 2 aliphatic rings. The molecule has 0 spiro atoms. The molecule has 0 saturated carbocycles. The van der Waals surface area contributed by atoms with Crippen molar-refractivity contribution < 1.29 is 4.42 Å². The lowest BCUT2D eigenvalue weighted by molar-refractivity contribution is 0.584. The summed E-state index contributed by atoms with van der Waals surface area (Å²) < 4.78 is 16.4. The second-order valence-electron chi connectivity index (χ2n) is 30.3. The fraction of sp³-hybridized carbons (Fsp3) is 0. The molecule has 0 saturated heterocycles. The van der Waals surface area contributed by atoms with Crippen LogP contribution in [0, 0.1) is 42.0 Å². The van der Waals surface area contributed by atoms with Gasteiger partial charge in [-0.15, -0.1) is 10.2 Å². The van der Waals surface area contributed by atoms with E-state index in [1.54, 1.807) is 0 Å². The van der Waals surface area contributed by atoms with Crippen molar-refractivity contribution in [3.8, 4) is 135 Å². The van der Waals surface area contributed by atoms with Crippen molar-refractivity contribution >= 4 is 54.5 Å². The first kappa shape index (κ1) is 65.8. The summed E-state index contributed by atoms with van der Waals surface area (Å²) in [4.78, 5) is 11.0. The fourth-order valence-electron chi connectivity index (χ4n) is 18.8. The summed E-state index contributed by atoms with van der Waals surface area (Å²) in [5.41, 5.74) is 27.5. The van der Waals surface area contributed by atoms with E-state index in [4.69, 9.17) is 14.4 Å². The molecule has 22 aromatic rings. The Labute approximate surface area is 670 Å². The minimum atomic E-state index is 0.468. The summed E-state index contributed by atoms with van der Waals surface area (Å²) in [7, 11) is 0. The molecule has 0 bridgehead atoms. The lowest BCUT2D eigenvalue weighted by Gasteiger charge is -2.23. The molecule has 0 N–H and O–H groups in total. The summed E-state index contributed by atoms with van der Waals surface area (Å²) >= 11 is 0. The third-order valence-corrected chi connectivity index (χ3v) is 23.9. The molecule has 0 radical (unpaired) electrons. The van der Waals surface area contributed by atoms with Gasteiger partial charge >= 0.3 is 0 Å².